The Morgan fingerprint density at radius 3 is 2.21 bits per heavy atom. The highest BCUT2D eigenvalue weighted by Crippen LogP contribution is 2.45. The Hall–Kier alpha value is -1.81. The van der Waals surface area contributed by atoms with Crippen LogP contribution in [0.2, 0.25) is 0 Å². The van der Waals surface area contributed by atoms with Gasteiger partial charge < -0.3 is 20.6 Å². The first-order valence-corrected chi connectivity index (χ1v) is 7.49. The highest BCUT2D eigenvalue weighted by atomic mass is 79.9. The summed E-state index contributed by atoms with van der Waals surface area (Å²) in [4.78, 5) is 19.9. The number of carboxylic acid groups (broad SMARTS) is 2. The number of hydrogen-bond donors (Lipinski definition) is 4. The molecule has 6 nitrogen and oxygen atoms in total. The van der Waals surface area contributed by atoms with Crippen LogP contribution in [-0.2, 0) is 16.1 Å². The molecule has 0 atom stereocenters. The average molecular weight is 414 g/mol. The Kier molecular flexibility index (Phi) is 6.61. The Morgan fingerprint density at radius 2 is 1.79 bits per heavy atom. The normalized spacial score (nSPS) is 15.2. The lowest BCUT2D eigenvalue weighted by Gasteiger charge is -2.12. The van der Waals surface area contributed by atoms with Gasteiger partial charge in [0.15, 0.2) is 0 Å². The Labute approximate surface area is 143 Å². The smallest absolute Gasteiger partial charge is 0.490 e. The molecule has 1 aliphatic rings. The number of alkyl halides is 3. The molecule has 0 amide bonds. The molecule has 0 spiro atoms. The fourth-order valence-corrected chi connectivity index (χ4v) is 2.16. The topological polar surface area (TPSA) is 107 Å². The summed E-state index contributed by atoms with van der Waals surface area (Å²) >= 11 is 3.30. The number of benzene rings is 1. The third-order valence-corrected chi connectivity index (χ3v) is 4.30. The van der Waals surface area contributed by atoms with Crippen LogP contribution < -0.4 is 5.32 Å². The van der Waals surface area contributed by atoms with Crippen molar-refractivity contribution in [3.63, 3.8) is 0 Å². The van der Waals surface area contributed by atoms with E-state index in [9.17, 15) is 23.1 Å². The first-order valence-electron chi connectivity index (χ1n) is 6.70. The molecule has 4 N–H and O–H groups in total. The number of phenolic OH excluding ortho intramolecular Hbond substituents is 1. The lowest BCUT2D eigenvalue weighted by Crippen LogP contribution is -2.29. The lowest BCUT2D eigenvalue weighted by atomic mass is 10.1. The summed E-state index contributed by atoms with van der Waals surface area (Å²) in [6, 6.07) is 5.26. The van der Waals surface area contributed by atoms with Gasteiger partial charge in [-0.3, -0.25) is 4.79 Å². The number of carboxylic acids is 2. The first kappa shape index (κ1) is 20.2. The number of aromatic hydroxyl groups is 1. The second-order valence-corrected chi connectivity index (χ2v) is 6.04. The maximum atomic E-state index is 11.0. The molecule has 1 aromatic carbocycles. The Morgan fingerprint density at radius 1 is 1.25 bits per heavy atom. The molecule has 10 heteroatoms. The molecule has 2 rings (SSSR count). The fourth-order valence-electron chi connectivity index (χ4n) is 1.76. The standard InChI is InChI=1S/C12H14BrNO3.C2HF3O2/c13-10-8(2-1-3-9(10)15)6-14-7-12(4-5-12)11(16)17;3-2(4,5)1(6)7/h1-3,14-15H,4-7H2,(H,16,17);(H,6,7). The van der Waals surface area contributed by atoms with Crippen LogP contribution in [0.5, 0.6) is 5.75 Å². The lowest BCUT2D eigenvalue weighted by molar-refractivity contribution is -0.192. The molecule has 0 saturated heterocycles. The average Bonchev–Trinajstić information content (AvgIpc) is 3.24. The van der Waals surface area contributed by atoms with E-state index in [1.165, 1.54) is 0 Å². The minimum absolute atomic E-state index is 0.198. The number of carbonyl (C=O) groups is 2. The van der Waals surface area contributed by atoms with E-state index in [-0.39, 0.29) is 5.75 Å². The number of phenols is 1. The summed E-state index contributed by atoms with van der Waals surface area (Å²) in [5.41, 5.74) is 0.370. The van der Waals surface area contributed by atoms with Crippen molar-refractivity contribution in [3.8, 4) is 5.75 Å². The summed E-state index contributed by atoms with van der Waals surface area (Å²) in [7, 11) is 0. The minimum atomic E-state index is -5.08. The maximum Gasteiger partial charge on any atom is 0.490 e. The Bertz CT molecular complexity index is 617. The van der Waals surface area contributed by atoms with Gasteiger partial charge in [0.25, 0.3) is 0 Å². The van der Waals surface area contributed by atoms with Crippen LogP contribution in [0.25, 0.3) is 0 Å². The van der Waals surface area contributed by atoms with Gasteiger partial charge in [0.2, 0.25) is 0 Å². The van der Waals surface area contributed by atoms with Crippen LogP contribution in [0.3, 0.4) is 0 Å². The van der Waals surface area contributed by atoms with Gasteiger partial charge in [-0.1, -0.05) is 12.1 Å². The summed E-state index contributed by atoms with van der Waals surface area (Å²) in [5.74, 6) is -3.28. The van der Waals surface area contributed by atoms with Crippen molar-refractivity contribution in [1.82, 2.24) is 5.32 Å². The number of nitrogens with one attached hydrogen (secondary N) is 1. The SMILES string of the molecule is O=C(O)C(F)(F)F.O=C(O)C1(CNCc2cccc(O)c2Br)CC1. The molecule has 134 valence electrons. The molecule has 24 heavy (non-hydrogen) atoms. The van der Waals surface area contributed by atoms with Gasteiger partial charge >= 0.3 is 18.1 Å². The van der Waals surface area contributed by atoms with E-state index in [1.54, 1.807) is 12.1 Å². The summed E-state index contributed by atoms with van der Waals surface area (Å²) in [6.45, 7) is 1.02. The van der Waals surface area contributed by atoms with E-state index in [2.05, 4.69) is 21.2 Å². The molecule has 0 unspecified atom stereocenters. The van der Waals surface area contributed by atoms with Crippen LogP contribution >= 0.6 is 15.9 Å². The number of hydrogen-bond acceptors (Lipinski definition) is 4. The van der Waals surface area contributed by atoms with Crippen LogP contribution in [0.1, 0.15) is 18.4 Å². The van der Waals surface area contributed by atoms with Crippen LogP contribution in [-0.4, -0.2) is 40.0 Å². The van der Waals surface area contributed by atoms with Crippen LogP contribution in [0.15, 0.2) is 22.7 Å². The van der Waals surface area contributed by atoms with Gasteiger partial charge in [-0.15, -0.1) is 0 Å². The van der Waals surface area contributed by atoms with Crippen molar-refractivity contribution in [1.29, 1.82) is 0 Å². The number of aliphatic carboxylic acids is 2. The fraction of sp³-hybridized carbons (Fsp3) is 0.429. The second kappa shape index (κ2) is 7.84. The van der Waals surface area contributed by atoms with Crippen molar-refractivity contribution < 1.29 is 38.1 Å². The molecule has 0 radical (unpaired) electrons. The van der Waals surface area contributed by atoms with Gasteiger partial charge in [0.1, 0.15) is 5.75 Å². The quantitative estimate of drug-likeness (QED) is 0.591. The monoisotopic (exact) mass is 413 g/mol. The van der Waals surface area contributed by atoms with E-state index >= 15 is 0 Å². The molecular weight excluding hydrogens is 399 g/mol. The van der Waals surface area contributed by atoms with Gasteiger partial charge in [0.05, 0.1) is 9.89 Å². The van der Waals surface area contributed by atoms with Crippen molar-refractivity contribution in [3.05, 3.63) is 28.2 Å². The predicted octanol–water partition coefficient (Wildman–Crippen LogP) is 2.74. The van der Waals surface area contributed by atoms with E-state index in [0.29, 0.717) is 17.6 Å². The zero-order chi connectivity index (χ0) is 18.5. The van der Waals surface area contributed by atoms with Crippen molar-refractivity contribution in [2.45, 2.75) is 25.6 Å². The number of halogens is 4. The third kappa shape index (κ3) is 5.68. The molecule has 0 bridgehead atoms. The largest absolute Gasteiger partial charge is 0.507 e. The summed E-state index contributed by atoms with van der Waals surface area (Å²) < 4.78 is 32.4. The third-order valence-electron chi connectivity index (χ3n) is 3.39. The van der Waals surface area contributed by atoms with Crippen molar-refractivity contribution >= 4 is 27.9 Å². The molecule has 1 aliphatic carbocycles. The van der Waals surface area contributed by atoms with Crippen LogP contribution in [0, 0.1) is 5.41 Å². The second-order valence-electron chi connectivity index (χ2n) is 5.24. The zero-order valence-corrected chi connectivity index (χ0v) is 13.8. The van der Waals surface area contributed by atoms with Crippen molar-refractivity contribution in [2.24, 2.45) is 5.41 Å². The van der Waals surface area contributed by atoms with Gasteiger partial charge in [-0.25, -0.2) is 4.79 Å². The van der Waals surface area contributed by atoms with Gasteiger partial charge in [-0.2, -0.15) is 13.2 Å². The minimum Gasteiger partial charge on any atom is -0.507 e. The van der Waals surface area contributed by atoms with Gasteiger partial charge in [0, 0.05) is 13.1 Å². The maximum absolute atomic E-state index is 11.0. The molecule has 1 aromatic rings. The van der Waals surface area contributed by atoms with E-state index in [1.807, 2.05) is 6.07 Å². The number of rotatable bonds is 5. The van der Waals surface area contributed by atoms with Crippen molar-refractivity contribution in [2.75, 3.05) is 6.54 Å². The first-order chi connectivity index (χ1) is 11.0. The Balaban J connectivity index is 0.000000351. The van der Waals surface area contributed by atoms with E-state index in [4.69, 9.17) is 15.0 Å². The molecular formula is C14H15BrF3NO5. The molecule has 0 aromatic heterocycles. The van der Waals surface area contributed by atoms with Crippen LogP contribution in [0.4, 0.5) is 13.2 Å². The highest BCUT2D eigenvalue weighted by Gasteiger charge is 2.49. The summed E-state index contributed by atoms with van der Waals surface area (Å²) in [6.07, 6.45) is -3.59. The zero-order valence-electron chi connectivity index (χ0n) is 12.2. The molecule has 1 saturated carbocycles. The predicted molar refractivity (Wildman–Crippen MR) is 80.5 cm³/mol. The van der Waals surface area contributed by atoms with Gasteiger partial charge in [-0.05, 0) is 40.4 Å². The summed E-state index contributed by atoms with van der Waals surface area (Å²) in [5, 5.41) is 28.8. The van der Waals surface area contributed by atoms with E-state index < -0.39 is 23.5 Å². The molecule has 1 fully saturated rings. The van der Waals surface area contributed by atoms with E-state index in [0.717, 1.165) is 18.4 Å². The molecule has 0 heterocycles. The highest BCUT2D eigenvalue weighted by molar-refractivity contribution is 9.10. The molecule has 0 aliphatic heterocycles.